The van der Waals surface area contributed by atoms with Crippen molar-refractivity contribution in [3.8, 4) is 0 Å². The van der Waals surface area contributed by atoms with Crippen LogP contribution in [0.15, 0.2) is 16.9 Å². The molecule has 0 saturated carbocycles. The predicted molar refractivity (Wildman–Crippen MR) is 66.2 cm³/mol. The standard InChI is InChI=1S/C11H17N3O6/c1-5-6(13-14-12)3-8(11(18)19-2)20-10(5)9(17)7(16)4-15/h3,5-7,9-10,15-17H,4H2,1-2H3. The monoisotopic (exact) mass is 287 g/mol. The van der Waals surface area contributed by atoms with Gasteiger partial charge in [0.25, 0.3) is 0 Å². The van der Waals surface area contributed by atoms with E-state index < -0.39 is 42.8 Å². The fourth-order valence-electron chi connectivity index (χ4n) is 1.92. The van der Waals surface area contributed by atoms with Gasteiger partial charge in [-0.25, -0.2) is 4.79 Å². The molecule has 0 aliphatic carbocycles. The highest BCUT2D eigenvalue weighted by Crippen LogP contribution is 2.29. The van der Waals surface area contributed by atoms with Crippen LogP contribution in [0.2, 0.25) is 0 Å². The van der Waals surface area contributed by atoms with Crippen LogP contribution >= 0.6 is 0 Å². The van der Waals surface area contributed by atoms with E-state index in [1.54, 1.807) is 6.92 Å². The quantitative estimate of drug-likeness (QED) is 0.268. The average Bonchev–Trinajstić information content (AvgIpc) is 2.47. The summed E-state index contributed by atoms with van der Waals surface area (Å²) in [6.45, 7) is 0.957. The zero-order chi connectivity index (χ0) is 15.3. The lowest BCUT2D eigenvalue weighted by Gasteiger charge is -2.36. The van der Waals surface area contributed by atoms with Crippen molar-refractivity contribution in [1.29, 1.82) is 0 Å². The molecule has 1 rings (SSSR count). The molecule has 5 atom stereocenters. The number of rotatable bonds is 5. The average molecular weight is 287 g/mol. The molecule has 0 spiro atoms. The van der Waals surface area contributed by atoms with Gasteiger partial charge in [0.2, 0.25) is 5.76 Å². The van der Waals surface area contributed by atoms with E-state index in [0.29, 0.717) is 0 Å². The molecule has 0 aromatic carbocycles. The summed E-state index contributed by atoms with van der Waals surface area (Å²) in [5.74, 6) is -1.50. The highest BCUT2D eigenvalue weighted by atomic mass is 16.6. The minimum absolute atomic E-state index is 0.211. The third-order valence-electron chi connectivity index (χ3n) is 3.13. The molecule has 0 bridgehead atoms. The summed E-state index contributed by atoms with van der Waals surface area (Å²) in [5, 5.41) is 31.8. The molecule has 0 saturated heterocycles. The zero-order valence-corrected chi connectivity index (χ0v) is 11.1. The lowest BCUT2D eigenvalue weighted by molar-refractivity contribution is -0.149. The van der Waals surface area contributed by atoms with Crippen molar-refractivity contribution in [2.24, 2.45) is 11.0 Å². The lowest BCUT2D eigenvalue weighted by atomic mass is 9.88. The van der Waals surface area contributed by atoms with Crippen molar-refractivity contribution in [2.75, 3.05) is 13.7 Å². The maximum absolute atomic E-state index is 11.5. The molecule has 3 N–H and O–H groups in total. The van der Waals surface area contributed by atoms with Gasteiger partial charge in [0.05, 0.1) is 19.8 Å². The second-order valence-electron chi connectivity index (χ2n) is 4.40. The van der Waals surface area contributed by atoms with E-state index >= 15 is 0 Å². The number of esters is 1. The first kappa shape index (κ1) is 16.3. The van der Waals surface area contributed by atoms with Gasteiger partial charge in [-0.3, -0.25) is 0 Å². The van der Waals surface area contributed by atoms with E-state index in [0.717, 1.165) is 7.11 Å². The highest BCUT2D eigenvalue weighted by Gasteiger charge is 2.40. The third-order valence-corrected chi connectivity index (χ3v) is 3.13. The maximum Gasteiger partial charge on any atom is 0.372 e. The first-order chi connectivity index (χ1) is 9.46. The van der Waals surface area contributed by atoms with E-state index in [2.05, 4.69) is 14.8 Å². The Hall–Kier alpha value is -1.80. The molecular weight excluding hydrogens is 270 g/mol. The van der Waals surface area contributed by atoms with Gasteiger partial charge in [-0.15, -0.1) is 0 Å². The number of azide groups is 1. The molecular formula is C11H17N3O6. The Morgan fingerprint density at radius 3 is 2.80 bits per heavy atom. The van der Waals surface area contributed by atoms with E-state index in [4.69, 9.17) is 15.4 Å². The topological polar surface area (TPSA) is 145 Å². The summed E-state index contributed by atoms with van der Waals surface area (Å²) in [6.07, 6.45) is -2.61. The molecule has 5 unspecified atom stereocenters. The number of nitrogens with zero attached hydrogens (tertiary/aromatic N) is 3. The highest BCUT2D eigenvalue weighted by molar-refractivity contribution is 5.86. The van der Waals surface area contributed by atoms with E-state index in [-0.39, 0.29) is 5.76 Å². The Morgan fingerprint density at radius 2 is 2.30 bits per heavy atom. The van der Waals surface area contributed by atoms with Crippen molar-refractivity contribution in [3.05, 3.63) is 22.3 Å². The molecule has 112 valence electrons. The fraction of sp³-hybridized carbons (Fsp3) is 0.727. The second kappa shape index (κ2) is 7.11. The van der Waals surface area contributed by atoms with Crippen LogP contribution in [0.5, 0.6) is 0 Å². The lowest BCUT2D eigenvalue weighted by Crippen LogP contribution is -2.49. The summed E-state index contributed by atoms with van der Waals surface area (Å²) in [4.78, 5) is 14.2. The normalized spacial score (nSPS) is 28.4. The molecule has 1 aliphatic rings. The van der Waals surface area contributed by atoms with Crippen molar-refractivity contribution in [2.45, 2.75) is 31.3 Å². The summed E-state index contributed by atoms with van der Waals surface area (Å²) in [6, 6.07) is -0.742. The number of carbonyl (C=O) groups is 1. The number of methoxy groups -OCH3 is 1. The van der Waals surface area contributed by atoms with Crippen LogP contribution in [0.1, 0.15) is 6.92 Å². The van der Waals surface area contributed by atoms with Crippen LogP contribution in [0.25, 0.3) is 10.4 Å². The summed E-state index contributed by atoms with van der Waals surface area (Å²) in [7, 11) is 1.15. The Labute approximate surface area is 115 Å². The molecule has 0 amide bonds. The summed E-state index contributed by atoms with van der Waals surface area (Å²) >= 11 is 0. The van der Waals surface area contributed by atoms with Crippen LogP contribution in [-0.2, 0) is 14.3 Å². The van der Waals surface area contributed by atoms with Crippen molar-refractivity contribution in [1.82, 2.24) is 0 Å². The van der Waals surface area contributed by atoms with Crippen LogP contribution in [0.4, 0.5) is 0 Å². The minimum atomic E-state index is -1.44. The Balaban J connectivity index is 3.06. The number of aliphatic hydroxyl groups is 3. The molecule has 0 aromatic rings. The van der Waals surface area contributed by atoms with Gasteiger partial charge in [0, 0.05) is 10.8 Å². The van der Waals surface area contributed by atoms with Crippen LogP contribution < -0.4 is 0 Å². The van der Waals surface area contributed by atoms with Gasteiger partial charge in [-0.2, -0.15) is 0 Å². The molecule has 1 aliphatic heterocycles. The largest absolute Gasteiger partial charge is 0.480 e. The molecule has 1 heterocycles. The number of aliphatic hydroxyl groups excluding tert-OH is 3. The number of hydrogen-bond acceptors (Lipinski definition) is 7. The molecule has 0 fully saturated rings. The molecule has 0 radical (unpaired) electrons. The Bertz CT molecular complexity index is 434. The minimum Gasteiger partial charge on any atom is -0.480 e. The van der Waals surface area contributed by atoms with Gasteiger partial charge in [-0.05, 0) is 11.6 Å². The molecule has 20 heavy (non-hydrogen) atoms. The van der Waals surface area contributed by atoms with Crippen LogP contribution in [0.3, 0.4) is 0 Å². The molecule has 9 heteroatoms. The summed E-state index contributed by atoms with van der Waals surface area (Å²) < 4.78 is 9.80. The Kier molecular flexibility index (Phi) is 5.78. The van der Waals surface area contributed by atoms with E-state index in [9.17, 15) is 15.0 Å². The molecule has 9 nitrogen and oxygen atoms in total. The SMILES string of the molecule is COC(=O)C1=CC(N=[N+]=[N-])C(C)C(C(O)C(O)CO)O1. The van der Waals surface area contributed by atoms with Crippen molar-refractivity contribution < 1.29 is 29.6 Å². The van der Waals surface area contributed by atoms with Gasteiger partial charge < -0.3 is 24.8 Å². The van der Waals surface area contributed by atoms with Crippen LogP contribution in [0, 0.1) is 5.92 Å². The number of hydrogen-bond donors (Lipinski definition) is 3. The van der Waals surface area contributed by atoms with E-state index in [1.165, 1.54) is 6.08 Å². The second-order valence-corrected chi connectivity index (χ2v) is 4.40. The van der Waals surface area contributed by atoms with Gasteiger partial charge >= 0.3 is 5.97 Å². The first-order valence-corrected chi connectivity index (χ1v) is 5.94. The molecule has 0 aromatic heterocycles. The van der Waals surface area contributed by atoms with Gasteiger partial charge in [0.15, 0.2) is 0 Å². The zero-order valence-electron chi connectivity index (χ0n) is 11.1. The maximum atomic E-state index is 11.5. The van der Waals surface area contributed by atoms with Gasteiger partial charge in [0.1, 0.15) is 18.3 Å². The van der Waals surface area contributed by atoms with Crippen molar-refractivity contribution in [3.63, 3.8) is 0 Å². The number of carbonyl (C=O) groups excluding carboxylic acids is 1. The smallest absolute Gasteiger partial charge is 0.372 e. The first-order valence-electron chi connectivity index (χ1n) is 5.94. The predicted octanol–water partition coefficient (Wildman–Crippen LogP) is -0.529. The third kappa shape index (κ3) is 3.40. The Morgan fingerprint density at radius 1 is 1.65 bits per heavy atom. The van der Waals surface area contributed by atoms with Crippen molar-refractivity contribution >= 4 is 5.97 Å². The van der Waals surface area contributed by atoms with E-state index in [1.807, 2.05) is 0 Å². The van der Waals surface area contributed by atoms with Gasteiger partial charge in [-0.1, -0.05) is 12.0 Å². The number of ether oxygens (including phenoxy) is 2. The fourth-order valence-corrected chi connectivity index (χ4v) is 1.92. The van der Waals surface area contributed by atoms with Crippen LogP contribution in [-0.4, -0.2) is 59.4 Å². The summed E-state index contributed by atoms with van der Waals surface area (Å²) in [5.41, 5.74) is 8.52.